The van der Waals surface area contributed by atoms with Crippen LogP contribution in [0.1, 0.15) is 13.3 Å². The highest BCUT2D eigenvalue weighted by Crippen LogP contribution is 2.22. The van der Waals surface area contributed by atoms with E-state index in [0.717, 1.165) is 0 Å². The van der Waals surface area contributed by atoms with Gasteiger partial charge in [0.2, 0.25) is 0 Å². The largest absolute Gasteiger partial charge is 0.332 e. The van der Waals surface area contributed by atoms with Gasteiger partial charge in [-0.05, 0) is 25.5 Å². The van der Waals surface area contributed by atoms with Crippen molar-refractivity contribution in [1.82, 2.24) is 10.3 Å². The Morgan fingerprint density at radius 1 is 1.44 bits per heavy atom. The summed E-state index contributed by atoms with van der Waals surface area (Å²) in [5.41, 5.74) is -0.697. The third kappa shape index (κ3) is 3.19. The van der Waals surface area contributed by atoms with E-state index in [2.05, 4.69) is 15.6 Å². The van der Waals surface area contributed by atoms with E-state index < -0.39 is 21.4 Å². The van der Waals surface area contributed by atoms with Gasteiger partial charge in [-0.15, -0.1) is 0 Å². The molecule has 0 spiro atoms. The molecule has 1 aliphatic heterocycles. The summed E-state index contributed by atoms with van der Waals surface area (Å²) in [6, 6.07) is 4.72. The molecule has 6 nitrogen and oxygen atoms in total. The molecule has 7 heteroatoms. The number of aromatic nitrogens is 1. The van der Waals surface area contributed by atoms with Crippen LogP contribution in [0.2, 0.25) is 0 Å². The molecule has 1 aliphatic rings. The predicted molar refractivity (Wildman–Crippen MR) is 68.1 cm³/mol. The summed E-state index contributed by atoms with van der Waals surface area (Å²) in [5.74, 6) is 0.530. The maximum absolute atomic E-state index is 11.7. The van der Waals surface area contributed by atoms with E-state index in [1.807, 2.05) is 0 Å². The van der Waals surface area contributed by atoms with Crippen LogP contribution < -0.4 is 10.6 Å². The fourth-order valence-electron chi connectivity index (χ4n) is 1.97. The number of hydrogen-bond acceptors (Lipinski definition) is 4. The number of urea groups is 1. The molecule has 0 aromatic carbocycles. The third-order valence-electron chi connectivity index (χ3n) is 2.83. The minimum Gasteiger partial charge on any atom is -0.332 e. The van der Waals surface area contributed by atoms with Crippen LogP contribution in [0, 0.1) is 0 Å². The number of nitrogens with one attached hydrogen (secondary N) is 2. The number of carbonyl (C=O) groups is 1. The highest BCUT2D eigenvalue weighted by Gasteiger charge is 2.39. The number of carbonyl (C=O) groups excluding carboxylic acids is 1. The third-order valence-corrected chi connectivity index (χ3v) is 4.73. The molecule has 1 aromatic rings. The lowest BCUT2D eigenvalue weighted by molar-refractivity contribution is 0.242. The zero-order chi connectivity index (χ0) is 13.2. The fourth-order valence-corrected chi connectivity index (χ4v) is 4.06. The Bertz CT molecular complexity index is 544. The lowest BCUT2D eigenvalue weighted by atomic mass is 10.0. The van der Waals surface area contributed by atoms with Crippen molar-refractivity contribution in [3.63, 3.8) is 0 Å². The van der Waals surface area contributed by atoms with Crippen molar-refractivity contribution < 1.29 is 13.2 Å². The Hall–Kier alpha value is -1.63. The molecule has 1 fully saturated rings. The van der Waals surface area contributed by atoms with Crippen LogP contribution in [0.4, 0.5) is 10.6 Å². The maximum atomic E-state index is 11.7. The van der Waals surface area contributed by atoms with E-state index in [4.69, 9.17) is 0 Å². The van der Waals surface area contributed by atoms with Gasteiger partial charge in [-0.1, -0.05) is 6.07 Å². The number of hydrogen-bond donors (Lipinski definition) is 2. The first-order chi connectivity index (χ1) is 8.39. The predicted octanol–water partition coefficient (Wildman–Crippen LogP) is 0.780. The van der Waals surface area contributed by atoms with Crippen molar-refractivity contribution in [3.8, 4) is 0 Å². The van der Waals surface area contributed by atoms with E-state index in [1.165, 1.54) is 0 Å². The Balaban J connectivity index is 1.96. The molecule has 2 rings (SSSR count). The van der Waals surface area contributed by atoms with Crippen molar-refractivity contribution in [3.05, 3.63) is 24.4 Å². The number of rotatable bonds is 2. The molecular weight excluding hydrogens is 254 g/mol. The van der Waals surface area contributed by atoms with Crippen molar-refractivity contribution >= 4 is 21.7 Å². The first-order valence-corrected chi connectivity index (χ1v) is 7.41. The monoisotopic (exact) mass is 269 g/mol. The zero-order valence-electron chi connectivity index (χ0n) is 10.0. The summed E-state index contributed by atoms with van der Waals surface area (Å²) >= 11 is 0. The van der Waals surface area contributed by atoms with Crippen molar-refractivity contribution in [2.75, 3.05) is 16.8 Å². The van der Waals surface area contributed by atoms with E-state index in [9.17, 15) is 13.2 Å². The first-order valence-electron chi connectivity index (χ1n) is 5.59. The van der Waals surface area contributed by atoms with Gasteiger partial charge in [-0.25, -0.2) is 18.2 Å². The smallest absolute Gasteiger partial charge is 0.320 e. The lowest BCUT2D eigenvalue weighted by Crippen LogP contribution is -2.48. The summed E-state index contributed by atoms with van der Waals surface area (Å²) < 4.78 is 22.8. The Morgan fingerprint density at radius 2 is 2.22 bits per heavy atom. The van der Waals surface area contributed by atoms with Crippen LogP contribution in [-0.4, -0.2) is 36.5 Å². The second-order valence-corrected chi connectivity index (χ2v) is 6.88. The normalized spacial score (nSPS) is 25.6. The minimum atomic E-state index is -3.03. The molecule has 2 amide bonds. The molecule has 2 heterocycles. The van der Waals surface area contributed by atoms with E-state index in [1.54, 1.807) is 31.3 Å². The molecule has 98 valence electrons. The lowest BCUT2D eigenvalue weighted by Gasteiger charge is -2.23. The Morgan fingerprint density at radius 3 is 2.78 bits per heavy atom. The average Bonchev–Trinajstić information content (AvgIpc) is 2.53. The molecule has 2 N–H and O–H groups in total. The van der Waals surface area contributed by atoms with E-state index >= 15 is 0 Å². The highest BCUT2D eigenvalue weighted by atomic mass is 32.2. The molecule has 1 unspecified atom stereocenters. The molecule has 0 aliphatic carbocycles. The van der Waals surface area contributed by atoms with Crippen LogP contribution >= 0.6 is 0 Å². The fraction of sp³-hybridized carbons (Fsp3) is 0.455. The van der Waals surface area contributed by atoms with Crippen LogP contribution in [0.25, 0.3) is 0 Å². The summed E-state index contributed by atoms with van der Waals surface area (Å²) in [4.78, 5) is 15.7. The summed E-state index contributed by atoms with van der Waals surface area (Å²) in [6.07, 6.45) is 2.00. The van der Waals surface area contributed by atoms with Gasteiger partial charge in [0.1, 0.15) is 5.82 Å². The zero-order valence-corrected chi connectivity index (χ0v) is 10.8. The molecule has 0 bridgehead atoms. The van der Waals surface area contributed by atoms with E-state index in [0.29, 0.717) is 12.2 Å². The Labute approximate surface area is 106 Å². The molecule has 1 aromatic heterocycles. The Kier molecular flexibility index (Phi) is 3.25. The molecular formula is C11H15N3O3S. The molecule has 18 heavy (non-hydrogen) atoms. The average molecular weight is 269 g/mol. The topological polar surface area (TPSA) is 88.2 Å². The van der Waals surface area contributed by atoms with Gasteiger partial charge in [0.25, 0.3) is 0 Å². The van der Waals surface area contributed by atoms with E-state index in [-0.39, 0.29) is 11.5 Å². The quantitative estimate of drug-likeness (QED) is 0.830. The summed E-state index contributed by atoms with van der Waals surface area (Å²) in [5, 5.41) is 5.26. The van der Waals surface area contributed by atoms with Crippen LogP contribution in [0.3, 0.4) is 0 Å². The standard InChI is InChI=1S/C11H15N3O3S/c1-11(5-7-18(16,17)8-11)14-10(15)13-9-4-2-3-6-12-9/h2-4,6H,5,7-8H2,1H3,(H2,12,13,14,15). The number of amides is 2. The molecule has 1 saturated heterocycles. The van der Waals surface area contributed by atoms with Gasteiger partial charge >= 0.3 is 6.03 Å². The van der Waals surface area contributed by atoms with Gasteiger partial charge in [-0.3, -0.25) is 5.32 Å². The maximum Gasteiger partial charge on any atom is 0.320 e. The van der Waals surface area contributed by atoms with Crippen LogP contribution in [0.15, 0.2) is 24.4 Å². The van der Waals surface area contributed by atoms with Crippen LogP contribution in [-0.2, 0) is 9.84 Å². The van der Waals surface area contributed by atoms with Crippen molar-refractivity contribution in [2.45, 2.75) is 18.9 Å². The van der Waals surface area contributed by atoms with Gasteiger partial charge in [0.15, 0.2) is 9.84 Å². The number of pyridine rings is 1. The summed E-state index contributed by atoms with van der Waals surface area (Å²) in [7, 11) is -3.03. The van der Waals surface area contributed by atoms with Gasteiger partial charge in [-0.2, -0.15) is 0 Å². The highest BCUT2D eigenvalue weighted by molar-refractivity contribution is 7.91. The number of anilines is 1. The van der Waals surface area contributed by atoms with Crippen molar-refractivity contribution in [2.24, 2.45) is 0 Å². The van der Waals surface area contributed by atoms with Crippen molar-refractivity contribution in [1.29, 1.82) is 0 Å². The molecule has 0 saturated carbocycles. The minimum absolute atomic E-state index is 0.0182. The van der Waals surface area contributed by atoms with Gasteiger partial charge in [0.05, 0.1) is 17.0 Å². The number of nitrogens with zero attached hydrogens (tertiary/aromatic N) is 1. The second kappa shape index (κ2) is 4.56. The second-order valence-electron chi connectivity index (χ2n) is 4.70. The summed E-state index contributed by atoms with van der Waals surface area (Å²) in [6.45, 7) is 1.73. The number of sulfone groups is 1. The van der Waals surface area contributed by atoms with Gasteiger partial charge < -0.3 is 5.32 Å². The van der Waals surface area contributed by atoms with Gasteiger partial charge in [0, 0.05) is 6.20 Å². The molecule has 0 radical (unpaired) electrons. The molecule has 1 atom stereocenters. The van der Waals surface area contributed by atoms with Crippen LogP contribution in [0.5, 0.6) is 0 Å². The SMILES string of the molecule is CC1(NC(=O)Nc2ccccn2)CCS(=O)(=O)C1. The first kappa shape index (κ1) is 12.8.